The number of amides is 1. The SMILES string of the molecule is CCOc1ccc(-c2cccc(C(=O)NN=Cc3cc(OC)cc(OC)c3)n2)cc1. The average Bonchev–Trinajstić information content (AvgIpc) is 2.79. The normalized spacial score (nSPS) is 10.6. The number of methoxy groups -OCH3 is 2. The molecule has 0 aliphatic heterocycles. The van der Waals surface area contributed by atoms with Crippen molar-refractivity contribution in [3.05, 3.63) is 71.9 Å². The zero-order valence-electron chi connectivity index (χ0n) is 17.1. The fourth-order valence-electron chi connectivity index (χ4n) is 2.74. The molecule has 7 nitrogen and oxygen atoms in total. The second kappa shape index (κ2) is 10.1. The smallest absolute Gasteiger partial charge is 0.289 e. The van der Waals surface area contributed by atoms with Crippen molar-refractivity contribution in [1.82, 2.24) is 10.4 Å². The highest BCUT2D eigenvalue weighted by Gasteiger charge is 2.08. The molecule has 0 aliphatic carbocycles. The van der Waals surface area contributed by atoms with Gasteiger partial charge >= 0.3 is 0 Å². The molecule has 0 atom stereocenters. The van der Waals surface area contributed by atoms with Gasteiger partial charge in [-0.3, -0.25) is 4.79 Å². The van der Waals surface area contributed by atoms with Crippen LogP contribution >= 0.6 is 0 Å². The molecule has 0 bridgehead atoms. The highest BCUT2D eigenvalue weighted by Crippen LogP contribution is 2.22. The first-order valence-electron chi connectivity index (χ1n) is 9.39. The van der Waals surface area contributed by atoms with Gasteiger partial charge in [0.1, 0.15) is 22.9 Å². The lowest BCUT2D eigenvalue weighted by Crippen LogP contribution is -2.19. The third-order valence-electron chi connectivity index (χ3n) is 4.20. The topological polar surface area (TPSA) is 82.0 Å². The number of pyridine rings is 1. The highest BCUT2D eigenvalue weighted by molar-refractivity contribution is 5.93. The molecule has 0 fully saturated rings. The predicted molar refractivity (Wildman–Crippen MR) is 115 cm³/mol. The van der Waals surface area contributed by atoms with E-state index in [1.165, 1.54) is 6.21 Å². The van der Waals surface area contributed by atoms with Crippen molar-refractivity contribution in [2.24, 2.45) is 5.10 Å². The minimum Gasteiger partial charge on any atom is -0.497 e. The molecule has 0 aliphatic rings. The Kier molecular flexibility index (Phi) is 7.00. The second-order valence-corrected chi connectivity index (χ2v) is 6.21. The maximum Gasteiger partial charge on any atom is 0.289 e. The lowest BCUT2D eigenvalue weighted by atomic mass is 10.1. The van der Waals surface area contributed by atoms with Crippen LogP contribution in [0.1, 0.15) is 23.0 Å². The molecule has 0 saturated carbocycles. The van der Waals surface area contributed by atoms with E-state index < -0.39 is 5.91 Å². The van der Waals surface area contributed by atoms with Crippen molar-refractivity contribution >= 4 is 12.1 Å². The molecule has 1 N–H and O–H groups in total. The molecule has 2 aromatic carbocycles. The summed E-state index contributed by atoms with van der Waals surface area (Å²) in [6.45, 7) is 2.54. The number of ether oxygens (including phenoxy) is 3. The van der Waals surface area contributed by atoms with E-state index in [9.17, 15) is 4.79 Å². The molecule has 3 rings (SSSR count). The van der Waals surface area contributed by atoms with E-state index in [4.69, 9.17) is 14.2 Å². The monoisotopic (exact) mass is 405 g/mol. The average molecular weight is 405 g/mol. The van der Waals surface area contributed by atoms with E-state index in [1.807, 2.05) is 37.3 Å². The number of hydrogen-bond donors (Lipinski definition) is 1. The number of hydrogen-bond acceptors (Lipinski definition) is 6. The van der Waals surface area contributed by atoms with Gasteiger partial charge in [-0.25, -0.2) is 10.4 Å². The van der Waals surface area contributed by atoms with Gasteiger partial charge in [-0.15, -0.1) is 0 Å². The summed E-state index contributed by atoms with van der Waals surface area (Å²) in [6, 6.07) is 18.1. The molecule has 0 radical (unpaired) electrons. The minimum atomic E-state index is -0.408. The maximum absolute atomic E-state index is 12.4. The Morgan fingerprint density at radius 2 is 1.70 bits per heavy atom. The number of aromatic nitrogens is 1. The summed E-state index contributed by atoms with van der Waals surface area (Å²) >= 11 is 0. The van der Waals surface area contributed by atoms with Crippen LogP contribution in [0.3, 0.4) is 0 Å². The van der Waals surface area contributed by atoms with Crippen molar-refractivity contribution in [2.75, 3.05) is 20.8 Å². The van der Waals surface area contributed by atoms with Crippen molar-refractivity contribution in [1.29, 1.82) is 0 Å². The molecule has 3 aromatic rings. The number of carbonyl (C=O) groups is 1. The quantitative estimate of drug-likeness (QED) is 0.454. The molecular weight excluding hydrogens is 382 g/mol. The number of nitrogens with zero attached hydrogens (tertiary/aromatic N) is 2. The molecule has 30 heavy (non-hydrogen) atoms. The van der Waals surface area contributed by atoms with Gasteiger partial charge in [-0.1, -0.05) is 6.07 Å². The molecule has 1 amide bonds. The first-order chi connectivity index (χ1) is 14.6. The molecule has 0 unspecified atom stereocenters. The standard InChI is InChI=1S/C23H23N3O4/c1-4-30-18-10-8-17(9-11-18)21-6-5-7-22(25-21)23(27)26-24-15-16-12-19(28-2)14-20(13-16)29-3/h5-15H,4H2,1-3H3,(H,26,27). The summed E-state index contributed by atoms with van der Waals surface area (Å²) in [6.07, 6.45) is 1.51. The Hall–Kier alpha value is -3.87. The minimum absolute atomic E-state index is 0.266. The van der Waals surface area contributed by atoms with Crippen LogP contribution in [0.5, 0.6) is 17.2 Å². The Bertz CT molecular complexity index is 1010. The summed E-state index contributed by atoms with van der Waals surface area (Å²) in [5.74, 6) is 1.64. The summed E-state index contributed by atoms with van der Waals surface area (Å²) in [7, 11) is 3.14. The van der Waals surface area contributed by atoms with E-state index >= 15 is 0 Å². The van der Waals surface area contributed by atoms with Crippen molar-refractivity contribution in [3.8, 4) is 28.5 Å². The van der Waals surface area contributed by atoms with Gasteiger partial charge in [-0.05, 0) is 55.5 Å². The van der Waals surface area contributed by atoms with Crippen LogP contribution in [0.15, 0.2) is 65.8 Å². The van der Waals surface area contributed by atoms with Gasteiger partial charge < -0.3 is 14.2 Å². The van der Waals surface area contributed by atoms with Crippen LogP contribution in [-0.4, -0.2) is 37.9 Å². The second-order valence-electron chi connectivity index (χ2n) is 6.21. The fraction of sp³-hybridized carbons (Fsp3) is 0.174. The summed E-state index contributed by atoms with van der Waals surface area (Å²) in [5.41, 5.74) is 5.06. The maximum atomic E-state index is 12.4. The van der Waals surface area contributed by atoms with Gasteiger partial charge in [0.15, 0.2) is 0 Å². The van der Waals surface area contributed by atoms with Gasteiger partial charge in [0.05, 0.1) is 32.7 Å². The number of hydrazone groups is 1. The van der Waals surface area contributed by atoms with Crippen LogP contribution < -0.4 is 19.6 Å². The van der Waals surface area contributed by atoms with Gasteiger partial charge in [-0.2, -0.15) is 5.10 Å². The van der Waals surface area contributed by atoms with Crippen molar-refractivity contribution in [2.45, 2.75) is 6.92 Å². The molecule has 1 heterocycles. The van der Waals surface area contributed by atoms with E-state index in [0.717, 1.165) is 16.9 Å². The largest absolute Gasteiger partial charge is 0.497 e. The molecule has 0 saturated heterocycles. The molecule has 7 heteroatoms. The van der Waals surface area contributed by atoms with Gasteiger partial charge in [0.25, 0.3) is 5.91 Å². The highest BCUT2D eigenvalue weighted by atomic mass is 16.5. The lowest BCUT2D eigenvalue weighted by molar-refractivity contribution is 0.0950. The number of carbonyl (C=O) groups excluding carboxylic acids is 1. The Morgan fingerprint density at radius 1 is 1.00 bits per heavy atom. The summed E-state index contributed by atoms with van der Waals surface area (Å²) in [5, 5.41) is 4.01. The predicted octanol–water partition coefficient (Wildman–Crippen LogP) is 3.93. The zero-order valence-corrected chi connectivity index (χ0v) is 17.1. The van der Waals surface area contributed by atoms with Crippen LogP contribution in [0.2, 0.25) is 0 Å². The van der Waals surface area contributed by atoms with Gasteiger partial charge in [0, 0.05) is 17.2 Å². The molecular formula is C23H23N3O4. The van der Waals surface area contributed by atoms with E-state index in [2.05, 4.69) is 15.5 Å². The van der Waals surface area contributed by atoms with E-state index in [-0.39, 0.29) is 5.69 Å². The fourth-order valence-corrected chi connectivity index (χ4v) is 2.74. The zero-order chi connectivity index (χ0) is 21.3. The van der Waals surface area contributed by atoms with Crippen LogP contribution in [-0.2, 0) is 0 Å². The number of rotatable bonds is 8. The number of nitrogens with one attached hydrogen (secondary N) is 1. The van der Waals surface area contributed by atoms with E-state index in [1.54, 1.807) is 44.6 Å². The number of benzene rings is 2. The van der Waals surface area contributed by atoms with Crippen LogP contribution in [0, 0.1) is 0 Å². The van der Waals surface area contributed by atoms with Crippen LogP contribution in [0.25, 0.3) is 11.3 Å². The van der Waals surface area contributed by atoms with Gasteiger partial charge in [0.2, 0.25) is 0 Å². The van der Waals surface area contributed by atoms with Crippen molar-refractivity contribution in [3.63, 3.8) is 0 Å². The molecule has 0 spiro atoms. The molecule has 154 valence electrons. The van der Waals surface area contributed by atoms with Crippen LogP contribution in [0.4, 0.5) is 0 Å². The molecule has 1 aromatic heterocycles. The van der Waals surface area contributed by atoms with E-state index in [0.29, 0.717) is 23.8 Å². The van der Waals surface area contributed by atoms with Crippen molar-refractivity contribution < 1.29 is 19.0 Å². The Morgan fingerprint density at radius 3 is 2.33 bits per heavy atom. The third-order valence-corrected chi connectivity index (χ3v) is 4.20. The Labute approximate surface area is 175 Å². The summed E-state index contributed by atoms with van der Waals surface area (Å²) in [4.78, 5) is 16.9. The first kappa shape index (κ1) is 20.9. The Balaban J connectivity index is 1.70. The first-order valence-corrected chi connectivity index (χ1v) is 9.39. The lowest BCUT2D eigenvalue weighted by Gasteiger charge is -2.06. The third kappa shape index (κ3) is 5.35. The summed E-state index contributed by atoms with van der Waals surface area (Å²) < 4.78 is 15.9.